The van der Waals surface area contributed by atoms with E-state index in [0.717, 1.165) is 11.3 Å². The first kappa shape index (κ1) is 17.2. The van der Waals surface area contributed by atoms with Crippen molar-refractivity contribution >= 4 is 17.5 Å². The van der Waals surface area contributed by atoms with Gasteiger partial charge in [-0.05, 0) is 39.0 Å². The number of carbonyl (C=O) groups excluding carboxylic acids is 1. The van der Waals surface area contributed by atoms with Crippen LogP contribution in [0.4, 0.5) is 0 Å². The van der Waals surface area contributed by atoms with Crippen molar-refractivity contribution in [1.29, 1.82) is 0 Å². The topological polar surface area (TPSA) is 77.1 Å². The summed E-state index contributed by atoms with van der Waals surface area (Å²) < 4.78 is 5.15. The first-order valence-electron chi connectivity index (χ1n) is 7.74. The largest absolute Gasteiger partial charge is 0.361 e. The molecule has 2 heterocycles. The summed E-state index contributed by atoms with van der Waals surface area (Å²) in [7, 11) is 1.71. The van der Waals surface area contributed by atoms with Gasteiger partial charge in [-0.2, -0.15) is 9.90 Å². The first-order chi connectivity index (χ1) is 11.9. The quantitative estimate of drug-likeness (QED) is 0.715. The Labute approximate surface area is 150 Å². The predicted octanol–water partition coefficient (Wildman–Crippen LogP) is 3.11. The summed E-state index contributed by atoms with van der Waals surface area (Å²) in [6.45, 7) is 5.83. The van der Waals surface area contributed by atoms with Crippen LogP contribution >= 0.6 is 11.6 Å². The van der Waals surface area contributed by atoms with Crippen LogP contribution in [0.5, 0.6) is 0 Å². The molecular weight excluding hydrogens is 342 g/mol. The molecule has 0 unspecified atom stereocenters. The normalized spacial score (nSPS) is 10.9. The highest BCUT2D eigenvalue weighted by molar-refractivity contribution is 6.30. The smallest absolute Gasteiger partial charge is 0.276 e. The second kappa shape index (κ2) is 6.68. The Hall–Kier alpha value is -2.67. The number of benzene rings is 1. The van der Waals surface area contributed by atoms with Crippen molar-refractivity contribution in [3.63, 3.8) is 0 Å². The van der Waals surface area contributed by atoms with Gasteiger partial charge in [0.1, 0.15) is 5.76 Å². The minimum absolute atomic E-state index is 0.217. The third-order valence-electron chi connectivity index (χ3n) is 3.95. The zero-order chi connectivity index (χ0) is 18.1. The Morgan fingerprint density at radius 3 is 2.64 bits per heavy atom. The number of rotatable bonds is 4. The van der Waals surface area contributed by atoms with Crippen molar-refractivity contribution in [3.05, 3.63) is 57.7 Å². The van der Waals surface area contributed by atoms with E-state index in [9.17, 15) is 4.79 Å². The maximum Gasteiger partial charge on any atom is 0.276 e. The summed E-state index contributed by atoms with van der Waals surface area (Å²) in [6.07, 6.45) is 0. The van der Waals surface area contributed by atoms with E-state index < -0.39 is 0 Å². The highest BCUT2D eigenvalue weighted by atomic mass is 35.5. The fraction of sp³-hybridized carbons (Fsp3) is 0.294. The summed E-state index contributed by atoms with van der Waals surface area (Å²) >= 11 is 6.00. The van der Waals surface area contributed by atoms with Crippen molar-refractivity contribution in [2.45, 2.75) is 27.3 Å². The van der Waals surface area contributed by atoms with E-state index in [-0.39, 0.29) is 5.91 Å². The van der Waals surface area contributed by atoms with E-state index in [2.05, 4.69) is 15.4 Å². The highest BCUT2D eigenvalue weighted by Gasteiger charge is 2.22. The second-order valence-electron chi connectivity index (χ2n) is 5.87. The summed E-state index contributed by atoms with van der Waals surface area (Å²) in [5, 5.41) is 13.2. The molecule has 2 aromatic heterocycles. The van der Waals surface area contributed by atoms with Gasteiger partial charge in [0, 0.05) is 17.6 Å². The van der Waals surface area contributed by atoms with Gasteiger partial charge in [-0.1, -0.05) is 22.8 Å². The monoisotopic (exact) mass is 359 g/mol. The van der Waals surface area contributed by atoms with Crippen LogP contribution < -0.4 is 0 Å². The molecule has 1 amide bonds. The molecule has 0 aliphatic carbocycles. The molecule has 0 spiro atoms. The fourth-order valence-electron chi connectivity index (χ4n) is 2.51. The van der Waals surface area contributed by atoms with Crippen molar-refractivity contribution in [3.8, 4) is 5.69 Å². The van der Waals surface area contributed by atoms with Crippen molar-refractivity contribution in [2.24, 2.45) is 0 Å². The molecule has 130 valence electrons. The average Bonchev–Trinajstić information content (AvgIpc) is 3.11. The minimum atomic E-state index is -0.217. The predicted molar refractivity (Wildman–Crippen MR) is 92.9 cm³/mol. The van der Waals surface area contributed by atoms with Crippen LogP contribution in [-0.4, -0.2) is 38.0 Å². The number of hydrogen-bond donors (Lipinski definition) is 0. The van der Waals surface area contributed by atoms with Crippen LogP contribution in [-0.2, 0) is 6.54 Å². The number of carbonyl (C=O) groups is 1. The van der Waals surface area contributed by atoms with Gasteiger partial charge in [-0.25, -0.2) is 0 Å². The molecule has 0 fully saturated rings. The van der Waals surface area contributed by atoms with Crippen LogP contribution in [0.3, 0.4) is 0 Å². The van der Waals surface area contributed by atoms with E-state index in [1.807, 2.05) is 19.9 Å². The standard InChI is InChI=1S/C17H18ClN5O2/c1-10-15(12(3)25-21-10)9-22(4)17(24)16-11(2)19-23(20-16)14-7-5-6-13(18)8-14/h5-8H,9H2,1-4H3. The maximum atomic E-state index is 12.8. The molecule has 0 N–H and O–H groups in total. The van der Waals surface area contributed by atoms with Gasteiger partial charge < -0.3 is 9.42 Å². The molecule has 1 aromatic carbocycles. The molecule has 0 saturated carbocycles. The lowest BCUT2D eigenvalue weighted by Crippen LogP contribution is -2.27. The summed E-state index contributed by atoms with van der Waals surface area (Å²) in [5.41, 5.74) is 3.22. The van der Waals surface area contributed by atoms with Crippen LogP contribution in [0.15, 0.2) is 28.8 Å². The molecule has 0 bridgehead atoms. The molecule has 25 heavy (non-hydrogen) atoms. The Morgan fingerprint density at radius 2 is 2.00 bits per heavy atom. The van der Waals surface area contributed by atoms with Crippen LogP contribution in [0, 0.1) is 20.8 Å². The lowest BCUT2D eigenvalue weighted by molar-refractivity contribution is 0.0777. The van der Waals surface area contributed by atoms with E-state index in [4.69, 9.17) is 16.1 Å². The molecule has 0 aliphatic heterocycles. The van der Waals surface area contributed by atoms with E-state index in [1.54, 1.807) is 37.1 Å². The van der Waals surface area contributed by atoms with Gasteiger partial charge >= 0.3 is 0 Å². The van der Waals surface area contributed by atoms with Gasteiger partial charge in [0.2, 0.25) is 0 Å². The Balaban J connectivity index is 1.85. The van der Waals surface area contributed by atoms with Gasteiger partial charge in [0.05, 0.1) is 23.6 Å². The Morgan fingerprint density at radius 1 is 1.24 bits per heavy atom. The van der Waals surface area contributed by atoms with Gasteiger partial charge in [-0.3, -0.25) is 4.79 Å². The van der Waals surface area contributed by atoms with Gasteiger partial charge in [0.25, 0.3) is 5.91 Å². The lowest BCUT2D eigenvalue weighted by atomic mass is 10.2. The zero-order valence-corrected chi connectivity index (χ0v) is 15.2. The molecule has 0 radical (unpaired) electrons. The number of halogens is 1. The maximum absolute atomic E-state index is 12.8. The van der Waals surface area contributed by atoms with Crippen molar-refractivity contribution in [1.82, 2.24) is 25.1 Å². The molecule has 7 nitrogen and oxygen atoms in total. The molecule has 0 atom stereocenters. The zero-order valence-electron chi connectivity index (χ0n) is 14.4. The second-order valence-corrected chi connectivity index (χ2v) is 6.30. The number of amides is 1. The van der Waals surface area contributed by atoms with Crippen LogP contribution in [0.2, 0.25) is 5.02 Å². The third-order valence-corrected chi connectivity index (χ3v) is 4.18. The molecule has 8 heteroatoms. The molecule has 0 aliphatic rings. The van der Waals surface area contributed by atoms with E-state index >= 15 is 0 Å². The average molecular weight is 360 g/mol. The SMILES string of the molecule is Cc1nn(-c2cccc(Cl)c2)nc1C(=O)N(C)Cc1c(C)noc1C. The highest BCUT2D eigenvalue weighted by Crippen LogP contribution is 2.17. The Kier molecular flexibility index (Phi) is 4.59. The number of aryl methyl sites for hydroxylation is 3. The molecule has 3 rings (SSSR count). The molecular formula is C17H18ClN5O2. The molecule has 0 saturated heterocycles. The van der Waals surface area contributed by atoms with Crippen LogP contribution in [0.1, 0.15) is 33.2 Å². The number of hydrogen-bond acceptors (Lipinski definition) is 5. The summed E-state index contributed by atoms with van der Waals surface area (Å²) in [5.74, 6) is 0.488. The third kappa shape index (κ3) is 3.41. The lowest BCUT2D eigenvalue weighted by Gasteiger charge is -2.15. The number of aromatic nitrogens is 4. The first-order valence-corrected chi connectivity index (χ1v) is 8.11. The van der Waals surface area contributed by atoms with E-state index in [1.165, 1.54) is 4.80 Å². The van der Waals surface area contributed by atoms with Crippen LogP contribution in [0.25, 0.3) is 5.69 Å². The van der Waals surface area contributed by atoms with Crippen molar-refractivity contribution < 1.29 is 9.32 Å². The minimum Gasteiger partial charge on any atom is -0.361 e. The summed E-state index contributed by atoms with van der Waals surface area (Å²) in [6, 6.07) is 7.14. The summed E-state index contributed by atoms with van der Waals surface area (Å²) in [4.78, 5) is 15.7. The Bertz CT molecular complexity index is 912. The van der Waals surface area contributed by atoms with Crippen molar-refractivity contribution in [2.75, 3.05) is 7.05 Å². The van der Waals surface area contributed by atoms with Gasteiger partial charge in [-0.15, -0.1) is 5.10 Å². The fourth-order valence-corrected chi connectivity index (χ4v) is 2.69. The number of nitrogens with zero attached hydrogens (tertiary/aromatic N) is 5. The van der Waals surface area contributed by atoms with Gasteiger partial charge in [0.15, 0.2) is 5.69 Å². The molecule has 3 aromatic rings. The van der Waals surface area contributed by atoms with E-state index in [0.29, 0.717) is 34.4 Å².